The van der Waals surface area contributed by atoms with Crippen LogP contribution in [0.4, 0.5) is 5.69 Å². The molecule has 1 heterocycles. The summed E-state index contributed by atoms with van der Waals surface area (Å²) in [6.45, 7) is 1.86. The second-order valence-electron chi connectivity index (χ2n) is 4.02. The average molecular weight is 247 g/mol. The number of carbonyl (C=O) groups is 1. The fourth-order valence-corrected chi connectivity index (χ4v) is 1.71. The Bertz CT molecular complexity index is 630. The van der Waals surface area contributed by atoms with Gasteiger partial charge in [-0.25, -0.2) is 4.79 Å². The third-order valence-electron chi connectivity index (χ3n) is 2.54. The third-order valence-corrected chi connectivity index (χ3v) is 2.54. The predicted octanol–water partition coefficient (Wildman–Crippen LogP) is 1.40. The molecular weight excluding hydrogens is 234 g/mol. The summed E-state index contributed by atoms with van der Waals surface area (Å²) in [5, 5.41) is 12.8. The van der Waals surface area contributed by atoms with Gasteiger partial charge in [-0.2, -0.15) is 0 Å². The molecule has 0 bridgehead atoms. The van der Waals surface area contributed by atoms with Gasteiger partial charge in [-0.15, -0.1) is 0 Å². The molecule has 0 aliphatic rings. The number of anilines is 1. The smallest absolute Gasteiger partial charge is 0.349 e. The van der Waals surface area contributed by atoms with Crippen LogP contribution < -0.4 is 10.9 Å². The molecule has 2 aromatic rings. The van der Waals surface area contributed by atoms with Gasteiger partial charge in [0.1, 0.15) is 11.1 Å². The minimum absolute atomic E-state index is 0.0608. The summed E-state index contributed by atoms with van der Waals surface area (Å²) in [7, 11) is 0. The topological polar surface area (TPSA) is 79.5 Å². The van der Waals surface area contributed by atoms with Crippen LogP contribution in [0, 0.1) is 0 Å². The minimum atomic E-state index is -0.684. The van der Waals surface area contributed by atoms with Gasteiger partial charge in [-0.3, -0.25) is 4.79 Å². The SMILES string of the molecule is CC(O)CNc1c(C=O)c(=O)oc2ccccc12. The molecule has 0 amide bonds. The van der Waals surface area contributed by atoms with Crippen molar-refractivity contribution in [1.82, 2.24) is 0 Å². The van der Waals surface area contributed by atoms with Crippen molar-refractivity contribution in [1.29, 1.82) is 0 Å². The Morgan fingerprint density at radius 3 is 2.83 bits per heavy atom. The van der Waals surface area contributed by atoms with Crippen LogP contribution in [0.1, 0.15) is 17.3 Å². The molecule has 2 N–H and O–H groups in total. The Kier molecular flexibility index (Phi) is 3.43. The van der Waals surface area contributed by atoms with E-state index in [2.05, 4.69) is 5.32 Å². The zero-order chi connectivity index (χ0) is 13.1. The number of carbonyl (C=O) groups excluding carboxylic acids is 1. The maximum atomic E-state index is 11.6. The monoisotopic (exact) mass is 247 g/mol. The number of para-hydroxylation sites is 1. The number of hydrogen-bond acceptors (Lipinski definition) is 5. The predicted molar refractivity (Wildman–Crippen MR) is 68.0 cm³/mol. The number of aldehydes is 1. The van der Waals surface area contributed by atoms with E-state index in [-0.39, 0.29) is 12.1 Å². The van der Waals surface area contributed by atoms with Crippen LogP contribution >= 0.6 is 0 Å². The maximum Gasteiger partial charge on any atom is 0.349 e. The van der Waals surface area contributed by atoms with Gasteiger partial charge in [0.2, 0.25) is 0 Å². The lowest BCUT2D eigenvalue weighted by Gasteiger charge is -2.12. The van der Waals surface area contributed by atoms with E-state index in [1.807, 2.05) is 0 Å². The zero-order valence-electron chi connectivity index (χ0n) is 9.84. The Morgan fingerprint density at radius 2 is 2.17 bits per heavy atom. The van der Waals surface area contributed by atoms with Gasteiger partial charge in [0, 0.05) is 11.9 Å². The van der Waals surface area contributed by atoms with E-state index in [1.54, 1.807) is 31.2 Å². The molecule has 18 heavy (non-hydrogen) atoms. The highest BCUT2D eigenvalue weighted by atomic mass is 16.4. The van der Waals surface area contributed by atoms with Crippen molar-refractivity contribution >= 4 is 22.9 Å². The fourth-order valence-electron chi connectivity index (χ4n) is 1.71. The molecule has 1 aromatic carbocycles. The second kappa shape index (κ2) is 5.01. The highest BCUT2D eigenvalue weighted by molar-refractivity contribution is 5.98. The fraction of sp³-hybridized carbons (Fsp3) is 0.231. The van der Waals surface area contributed by atoms with Gasteiger partial charge >= 0.3 is 5.63 Å². The van der Waals surface area contributed by atoms with Gasteiger partial charge in [0.15, 0.2) is 6.29 Å². The molecule has 0 saturated heterocycles. The zero-order valence-corrected chi connectivity index (χ0v) is 9.84. The Hall–Kier alpha value is -2.14. The van der Waals surface area contributed by atoms with Crippen molar-refractivity contribution < 1.29 is 14.3 Å². The molecule has 0 saturated carbocycles. The van der Waals surface area contributed by atoms with Crippen molar-refractivity contribution in [2.24, 2.45) is 0 Å². The van der Waals surface area contributed by atoms with E-state index in [9.17, 15) is 14.7 Å². The van der Waals surface area contributed by atoms with Crippen molar-refractivity contribution in [3.8, 4) is 0 Å². The lowest BCUT2D eigenvalue weighted by Crippen LogP contribution is -2.19. The molecule has 0 fully saturated rings. The molecule has 1 aromatic heterocycles. The molecule has 0 aliphatic carbocycles. The van der Waals surface area contributed by atoms with E-state index in [1.165, 1.54) is 0 Å². The molecule has 2 rings (SSSR count). The molecule has 5 heteroatoms. The van der Waals surface area contributed by atoms with E-state index >= 15 is 0 Å². The van der Waals surface area contributed by atoms with Crippen molar-refractivity contribution in [3.05, 3.63) is 40.2 Å². The van der Waals surface area contributed by atoms with Gasteiger partial charge in [-0.1, -0.05) is 12.1 Å². The molecule has 0 radical (unpaired) electrons. The standard InChI is InChI=1S/C13H13NO4/c1-8(16)6-14-12-9-4-2-3-5-11(9)18-13(17)10(12)7-15/h2-5,7-8,14,16H,6H2,1H3. The summed E-state index contributed by atoms with van der Waals surface area (Å²) < 4.78 is 5.04. The quantitative estimate of drug-likeness (QED) is 0.630. The third kappa shape index (κ3) is 2.26. The van der Waals surface area contributed by atoms with Crippen LogP contribution in [-0.2, 0) is 0 Å². The highest BCUT2D eigenvalue weighted by Crippen LogP contribution is 2.24. The molecule has 0 aliphatic heterocycles. The molecule has 1 unspecified atom stereocenters. The van der Waals surface area contributed by atoms with Crippen LogP contribution in [0.25, 0.3) is 11.0 Å². The van der Waals surface area contributed by atoms with Gasteiger partial charge in [0.05, 0.1) is 11.8 Å². The first-order chi connectivity index (χ1) is 8.63. The summed E-state index contributed by atoms with van der Waals surface area (Å²) in [6.07, 6.45) is -0.127. The Labute approximate surface area is 103 Å². The Morgan fingerprint density at radius 1 is 1.44 bits per heavy atom. The lowest BCUT2D eigenvalue weighted by molar-refractivity contribution is 0.112. The largest absolute Gasteiger partial charge is 0.422 e. The number of aliphatic hydroxyl groups excluding tert-OH is 1. The number of benzene rings is 1. The van der Waals surface area contributed by atoms with Crippen molar-refractivity contribution in [2.45, 2.75) is 13.0 Å². The summed E-state index contributed by atoms with van der Waals surface area (Å²) in [4.78, 5) is 22.6. The van der Waals surface area contributed by atoms with Crippen LogP contribution in [0.5, 0.6) is 0 Å². The van der Waals surface area contributed by atoms with Gasteiger partial charge in [0.25, 0.3) is 0 Å². The summed E-state index contributed by atoms with van der Waals surface area (Å²) in [5.41, 5.74) is 0.0603. The molecule has 0 spiro atoms. The van der Waals surface area contributed by atoms with Crippen molar-refractivity contribution in [3.63, 3.8) is 0 Å². The molecular formula is C13H13NO4. The lowest BCUT2D eigenvalue weighted by atomic mass is 10.1. The van der Waals surface area contributed by atoms with Crippen LogP contribution in [-0.4, -0.2) is 24.0 Å². The summed E-state index contributed by atoms with van der Waals surface area (Å²) >= 11 is 0. The van der Waals surface area contributed by atoms with E-state index in [0.29, 0.717) is 22.9 Å². The first kappa shape index (κ1) is 12.3. The van der Waals surface area contributed by atoms with Gasteiger partial charge < -0.3 is 14.8 Å². The number of hydrogen-bond donors (Lipinski definition) is 2. The van der Waals surface area contributed by atoms with E-state index in [4.69, 9.17) is 4.42 Å². The number of fused-ring (bicyclic) bond motifs is 1. The first-order valence-corrected chi connectivity index (χ1v) is 5.56. The van der Waals surface area contributed by atoms with E-state index in [0.717, 1.165) is 0 Å². The van der Waals surface area contributed by atoms with Crippen molar-refractivity contribution in [2.75, 3.05) is 11.9 Å². The van der Waals surface area contributed by atoms with Crippen LogP contribution in [0.3, 0.4) is 0 Å². The number of rotatable bonds is 4. The second-order valence-corrected chi connectivity index (χ2v) is 4.02. The number of aliphatic hydroxyl groups is 1. The minimum Gasteiger partial charge on any atom is -0.422 e. The van der Waals surface area contributed by atoms with Crippen LogP contribution in [0.15, 0.2) is 33.5 Å². The summed E-state index contributed by atoms with van der Waals surface area (Å²) in [5.74, 6) is 0. The van der Waals surface area contributed by atoms with Gasteiger partial charge in [-0.05, 0) is 19.1 Å². The normalized spacial score (nSPS) is 12.3. The Balaban J connectivity index is 2.64. The van der Waals surface area contributed by atoms with Crippen LogP contribution in [0.2, 0.25) is 0 Å². The first-order valence-electron chi connectivity index (χ1n) is 5.56. The maximum absolute atomic E-state index is 11.6. The van der Waals surface area contributed by atoms with E-state index < -0.39 is 11.7 Å². The molecule has 5 nitrogen and oxygen atoms in total. The average Bonchev–Trinajstić information content (AvgIpc) is 2.35. The molecule has 1 atom stereocenters. The summed E-state index contributed by atoms with van der Waals surface area (Å²) in [6, 6.07) is 6.92. The number of nitrogens with one attached hydrogen (secondary N) is 1. The molecule has 94 valence electrons. The highest BCUT2D eigenvalue weighted by Gasteiger charge is 2.13.